The van der Waals surface area contributed by atoms with Gasteiger partial charge in [-0.2, -0.15) is 0 Å². The number of halogens is 4. The van der Waals surface area contributed by atoms with Gasteiger partial charge in [-0.15, -0.1) is 0 Å². The summed E-state index contributed by atoms with van der Waals surface area (Å²) in [5.41, 5.74) is 0.721. The molecular formula is C16H15BrF3N. The van der Waals surface area contributed by atoms with Gasteiger partial charge in [-0.05, 0) is 58.7 Å². The number of rotatable bonds is 5. The van der Waals surface area contributed by atoms with E-state index in [2.05, 4.69) is 21.2 Å². The highest BCUT2D eigenvalue weighted by Gasteiger charge is 2.20. The van der Waals surface area contributed by atoms with Gasteiger partial charge in [-0.1, -0.05) is 19.1 Å². The third kappa shape index (κ3) is 3.86. The largest absolute Gasteiger partial charge is 0.306 e. The Morgan fingerprint density at radius 3 is 2.52 bits per heavy atom. The molecule has 1 unspecified atom stereocenters. The Bertz CT molecular complexity index is 631. The van der Waals surface area contributed by atoms with Gasteiger partial charge in [0.2, 0.25) is 0 Å². The van der Waals surface area contributed by atoms with Gasteiger partial charge in [0, 0.05) is 5.56 Å². The summed E-state index contributed by atoms with van der Waals surface area (Å²) in [5.74, 6) is -1.50. The zero-order valence-corrected chi connectivity index (χ0v) is 13.1. The predicted octanol–water partition coefficient (Wildman–Crippen LogP) is 4.96. The first kappa shape index (κ1) is 16.0. The first-order chi connectivity index (χ1) is 10.0. The monoisotopic (exact) mass is 357 g/mol. The van der Waals surface area contributed by atoms with Crippen molar-refractivity contribution < 1.29 is 13.2 Å². The quantitative estimate of drug-likeness (QED) is 0.746. The van der Waals surface area contributed by atoms with Gasteiger partial charge in [0.15, 0.2) is 0 Å². The molecule has 0 aliphatic heterocycles. The van der Waals surface area contributed by atoms with Crippen molar-refractivity contribution in [3.05, 3.63) is 69.4 Å². The number of benzene rings is 2. The van der Waals surface area contributed by atoms with Crippen LogP contribution in [-0.2, 0) is 0 Å². The average Bonchev–Trinajstić information content (AvgIpc) is 2.44. The maximum absolute atomic E-state index is 14.2. The summed E-state index contributed by atoms with van der Waals surface area (Å²) >= 11 is 2.95. The van der Waals surface area contributed by atoms with E-state index >= 15 is 0 Å². The highest BCUT2D eigenvalue weighted by Crippen LogP contribution is 2.29. The van der Waals surface area contributed by atoms with E-state index in [4.69, 9.17) is 0 Å². The van der Waals surface area contributed by atoms with Crippen molar-refractivity contribution in [3.8, 4) is 0 Å². The molecule has 2 aromatic rings. The van der Waals surface area contributed by atoms with Crippen LogP contribution in [0.4, 0.5) is 13.2 Å². The predicted molar refractivity (Wildman–Crippen MR) is 80.6 cm³/mol. The molecule has 2 rings (SSSR count). The SMILES string of the molecule is CCCNC(c1cccc(F)c1)c1cc(F)c(Br)cc1F. The second kappa shape index (κ2) is 7.09. The molecule has 0 aliphatic rings. The van der Waals surface area contributed by atoms with Crippen LogP contribution < -0.4 is 5.32 Å². The van der Waals surface area contributed by atoms with Gasteiger partial charge >= 0.3 is 0 Å². The van der Waals surface area contributed by atoms with Crippen LogP contribution in [0.15, 0.2) is 40.9 Å². The lowest BCUT2D eigenvalue weighted by Crippen LogP contribution is -2.24. The van der Waals surface area contributed by atoms with Gasteiger partial charge < -0.3 is 5.32 Å². The van der Waals surface area contributed by atoms with E-state index in [1.807, 2.05) is 6.92 Å². The highest BCUT2D eigenvalue weighted by atomic mass is 79.9. The van der Waals surface area contributed by atoms with Gasteiger partial charge in [0.1, 0.15) is 17.5 Å². The maximum Gasteiger partial charge on any atom is 0.137 e. The minimum absolute atomic E-state index is 0.0669. The molecule has 0 aliphatic carbocycles. The Morgan fingerprint density at radius 1 is 1.10 bits per heavy atom. The molecule has 112 valence electrons. The first-order valence-electron chi connectivity index (χ1n) is 6.66. The molecule has 1 nitrogen and oxygen atoms in total. The van der Waals surface area contributed by atoms with E-state index in [1.54, 1.807) is 12.1 Å². The number of hydrogen-bond acceptors (Lipinski definition) is 1. The van der Waals surface area contributed by atoms with Crippen molar-refractivity contribution in [3.63, 3.8) is 0 Å². The third-order valence-corrected chi connectivity index (χ3v) is 3.74. The van der Waals surface area contributed by atoms with Gasteiger partial charge in [-0.3, -0.25) is 0 Å². The molecule has 0 heterocycles. The van der Waals surface area contributed by atoms with Crippen LogP contribution in [-0.4, -0.2) is 6.54 Å². The smallest absolute Gasteiger partial charge is 0.137 e. The van der Waals surface area contributed by atoms with Crippen LogP contribution in [0, 0.1) is 17.5 Å². The van der Waals surface area contributed by atoms with Gasteiger partial charge in [0.25, 0.3) is 0 Å². The van der Waals surface area contributed by atoms with Gasteiger partial charge in [-0.25, -0.2) is 13.2 Å². The standard InChI is InChI=1S/C16H15BrF3N/c1-2-6-21-16(10-4-3-5-11(18)7-10)12-8-15(20)13(17)9-14(12)19/h3-5,7-9,16,21H,2,6H2,1H3. The van der Waals surface area contributed by atoms with Crippen LogP contribution in [0.3, 0.4) is 0 Å². The summed E-state index contributed by atoms with van der Waals surface area (Å²) in [6.07, 6.45) is 0.826. The van der Waals surface area contributed by atoms with Crippen molar-refractivity contribution in [2.24, 2.45) is 0 Å². The second-order valence-corrected chi connectivity index (χ2v) is 5.58. The molecule has 0 saturated carbocycles. The lowest BCUT2D eigenvalue weighted by atomic mass is 9.97. The fourth-order valence-electron chi connectivity index (χ4n) is 2.14. The molecular weight excluding hydrogens is 343 g/mol. The number of nitrogens with one attached hydrogen (secondary N) is 1. The molecule has 0 bridgehead atoms. The van der Waals surface area contributed by atoms with Crippen LogP contribution in [0.25, 0.3) is 0 Å². The molecule has 1 atom stereocenters. The van der Waals surface area contributed by atoms with Crippen molar-refractivity contribution in [1.29, 1.82) is 0 Å². The third-order valence-electron chi connectivity index (χ3n) is 3.13. The molecule has 5 heteroatoms. The molecule has 0 spiro atoms. The first-order valence-corrected chi connectivity index (χ1v) is 7.45. The summed E-state index contributed by atoms with van der Waals surface area (Å²) in [7, 11) is 0. The average molecular weight is 358 g/mol. The summed E-state index contributed by atoms with van der Waals surface area (Å²) in [4.78, 5) is 0. The van der Waals surface area contributed by atoms with Crippen LogP contribution >= 0.6 is 15.9 Å². The Labute approximate surface area is 130 Å². The fraction of sp³-hybridized carbons (Fsp3) is 0.250. The van der Waals surface area contributed by atoms with Crippen LogP contribution in [0.1, 0.15) is 30.5 Å². The lowest BCUT2D eigenvalue weighted by Gasteiger charge is -2.20. The Morgan fingerprint density at radius 2 is 1.86 bits per heavy atom. The van der Waals surface area contributed by atoms with E-state index in [1.165, 1.54) is 12.1 Å². The topological polar surface area (TPSA) is 12.0 Å². The van der Waals surface area contributed by atoms with Crippen molar-refractivity contribution in [1.82, 2.24) is 5.32 Å². The van der Waals surface area contributed by atoms with E-state index in [0.717, 1.165) is 18.6 Å². The normalized spacial score (nSPS) is 12.4. The molecule has 0 radical (unpaired) electrons. The van der Waals surface area contributed by atoms with E-state index in [9.17, 15) is 13.2 Å². The molecule has 0 aromatic heterocycles. The van der Waals surface area contributed by atoms with E-state index in [0.29, 0.717) is 12.1 Å². The summed E-state index contributed by atoms with van der Waals surface area (Å²) in [6, 6.07) is 7.52. The molecule has 0 amide bonds. The van der Waals surface area contributed by atoms with Crippen LogP contribution in [0.2, 0.25) is 0 Å². The summed E-state index contributed by atoms with van der Waals surface area (Å²) < 4.78 is 41.4. The molecule has 2 aromatic carbocycles. The minimum Gasteiger partial charge on any atom is -0.306 e. The van der Waals surface area contributed by atoms with Crippen molar-refractivity contribution >= 4 is 15.9 Å². The lowest BCUT2D eigenvalue weighted by molar-refractivity contribution is 0.530. The van der Waals surface area contributed by atoms with Gasteiger partial charge in [0.05, 0.1) is 10.5 Å². The molecule has 21 heavy (non-hydrogen) atoms. The Hall–Kier alpha value is -1.33. The Balaban J connectivity index is 2.47. The highest BCUT2D eigenvalue weighted by molar-refractivity contribution is 9.10. The van der Waals surface area contributed by atoms with Crippen molar-refractivity contribution in [2.75, 3.05) is 6.54 Å². The van der Waals surface area contributed by atoms with Crippen molar-refractivity contribution in [2.45, 2.75) is 19.4 Å². The number of hydrogen-bond donors (Lipinski definition) is 1. The maximum atomic E-state index is 14.2. The fourth-order valence-corrected chi connectivity index (χ4v) is 2.46. The van der Waals surface area contributed by atoms with E-state index < -0.39 is 23.5 Å². The summed E-state index contributed by atoms with van der Waals surface area (Å²) in [5, 5.41) is 3.13. The molecule has 1 N–H and O–H groups in total. The summed E-state index contributed by atoms with van der Waals surface area (Å²) in [6.45, 7) is 2.58. The Kier molecular flexibility index (Phi) is 5.42. The molecule has 0 fully saturated rings. The van der Waals surface area contributed by atoms with Crippen LogP contribution in [0.5, 0.6) is 0 Å². The van der Waals surface area contributed by atoms with E-state index in [-0.39, 0.29) is 10.0 Å². The zero-order valence-electron chi connectivity index (χ0n) is 11.5. The zero-order chi connectivity index (χ0) is 15.4. The second-order valence-electron chi connectivity index (χ2n) is 4.73. The minimum atomic E-state index is -0.594. The molecule has 0 saturated heterocycles.